The molecule has 0 unspecified atom stereocenters. The van der Waals surface area contributed by atoms with Crippen molar-refractivity contribution in [3.8, 4) is 11.5 Å². The van der Waals surface area contributed by atoms with E-state index in [-0.39, 0.29) is 16.9 Å². The third-order valence-electron chi connectivity index (χ3n) is 2.59. The number of aromatic nitrogens is 2. The van der Waals surface area contributed by atoms with Crippen LogP contribution in [-0.4, -0.2) is 20.4 Å². The molecule has 0 amide bonds. The molecular weight excluding hydrogens is 280 g/mol. The average Bonchev–Trinajstić information content (AvgIpc) is 2.67. The van der Waals surface area contributed by atoms with Gasteiger partial charge in [0.2, 0.25) is 0 Å². The molecule has 1 aromatic heterocycles. The summed E-state index contributed by atoms with van der Waals surface area (Å²) in [7, 11) is 0. The van der Waals surface area contributed by atoms with Crippen molar-refractivity contribution in [3.63, 3.8) is 0 Å². The van der Waals surface area contributed by atoms with Gasteiger partial charge in [0.25, 0.3) is 0 Å². The summed E-state index contributed by atoms with van der Waals surface area (Å²) in [4.78, 5) is 0.888. The molecule has 0 aliphatic carbocycles. The molecule has 0 saturated carbocycles. The molecule has 0 radical (unpaired) electrons. The van der Waals surface area contributed by atoms with Crippen LogP contribution < -0.4 is 0 Å². The Bertz CT molecular complexity index is 603. The molecule has 1 heterocycles. The highest BCUT2D eigenvalue weighted by atomic mass is 32.2. The number of hydrogen-bond acceptors (Lipinski definition) is 6. The SMILES string of the molecule is Cc1nnc(Sc2cc(O)c(O)cc2C(C)(C)C)s1. The van der Waals surface area contributed by atoms with Gasteiger partial charge in [0.05, 0.1) is 0 Å². The van der Waals surface area contributed by atoms with Crippen molar-refractivity contribution < 1.29 is 10.2 Å². The monoisotopic (exact) mass is 296 g/mol. The Morgan fingerprint density at radius 3 is 2.26 bits per heavy atom. The lowest BCUT2D eigenvalue weighted by Crippen LogP contribution is -2.12. The van der Waals surface area contributed by atoms with E-state index in [4.69, 9.17) is 0 Å². The zero-order valence-electron chi connectivity index (χ0n) is 11.3. The first-order chi connectivity index (χ1) is 8.77. The van der Waals surface area contributed by atoms with Crippen molar-refractivity contribution in [3.05, 3.63) is 22.7 Å². The van der Waals surface area contributed by atoms with E-state index in [1.54, 1.807) is 12.1 Å². The van der Waals surface area contributed by atoms with E-state index in [1.807, 2.05) is 6.92 Å². The van der Waals surface area contributed by atoms with E-state index in [1.165, 1.54) is 23.1 Å². The molecule has 2 rings (SSSR count). The number of nitrogens with zero attached hydrogens (tertiary/aromatic N) is 2. The molecule has 0 saturated heterocycles. The lowest BCUT2D eigenvalue weighted by atomic mass is 9.87. The van der Waals surface area contributed by atoms with Crippen molar-refractivity contribution in [2.24, 2.45) is 0 Å². The van der Waals surface area contributed by atoms with Crippen molar-refractivity contribution >= 4 is 23.1 Å². The van der Waals surface area contributed by atoms with Crippen molar-refractivity contribution in [1.82, 2.24) is 10.2 Å². The summed E-state index contributed by atoms with van der Waals surface area (Å²) < 4.78 is 0.827. The standard InChI is InChI=1S/C13H16N2O2S2/c1-7-14-15-12(18-7)19-11-6-10(17)9(16)5-8(11)13(2,3)4/h5-6,16-17H,1-4H3. The van der Waals surface area contributed by atoms with Gasteiger partial charge in [-0.15, -0.1) is 10.2 Å². The summed E-state index contributed by atoms with van der Waals surface area (Å²) in [6.45, 7) is 8.09. The highest BCUT2D eigenvalue weighted by Gasteiger charge is 2.22. The molecule has 0 aliphatic heterocycles. The number of rotatable bonds is 2. The predicted octanol–water partition coefficient (Wildman–Crippen LogP) is 3.71. The van der Waals surface area contributed by atoms with Crippen LogP contribution in [0.5, 0.6) is 11.5 Å². The van der Waals surface area contributed by atoms with Gasteiger partial charge in [-0.1, -0.05) is 43.9 Å². The summed E-state index contributed by atoms with van der Waals surface area (Å²) >= 11 is 2.97. The lowest BCUT2D eigenvalue weighted by Gasteiger charge is -2.22. The first-order valence-corrected chi connectivity index (χ1v) is 7.45. The minimum absolute atomic E-state index is 0.0947. The Morgan fingerprint density at radius 2 is 1.74 bits per heavy atom. The van der Waals surface area contributed by atoms with Gasteiger partial charge < -0.3 is 10.2 Å². The maximum absolute atomic E-state index is 9.68. The predicted molar refractivity (Wildman–Crippen MR) is 77.2 cm³/mol. The Labute approximate surface area is 120 Å². The highest BCUT2D eigenvalue weighted by Crippen LogP contribution is 2.42. The number of phenols is 2. The van der Waals surface area contributed by atoms with Crippen LogP contribution in [0.15, 0.2) is 21.4 Å². The Hall–Kier alpha value is -1.27. The largest absolute Gasteiger partial charge is 0.504 e. The quantitative estimate of drug-likeness (QED) is 0.827. The van der Waals surface area contributed by atoms with E-state index in [0.717, 1.165) is 19.8 Å². The van der Waals surface area contributed by atoms with Crippen molar-refractivity contribution in [1.29, 1.82) is 0 Å². The molecular formula is C13H16N2O2S2. The van der Waals surface area contributed by atoms with Crippen LogP contribution in [-0.2, 0) is 5.41 Å². The van der Waals surface area contributed by atoms with Crippen LogP contribution >= 0.6 is 23.1 Å². The fraction of sp³-hybridized carbons (Fsp3) is 0.385. The highest BCUT2D eigenvalue weighted by molar-refractivity contribution is 8.01. The third-order valence-corrected chi connectivity index (χ3v) is 4.54. The second-order valence-electron chi connectivity index (χ2n) is 5.28. The number of phenolic OH excluding ortho intramolecular Hbond substituents is 2. The zero-order valence-corrected chi connectivity index (χ0v) is 12.9. The van der Waals surface area contributed by atoms with Gasteiger partial charge in [0.1, 0.15) is 5.01 Å². The topological polar surface area (TPSA) is 66.2 Å². The molecule has 2 N–H and O–H groups in total. The van der Waals surface area contributed by atoms with Gasteiger partial charge in [-0.2, -0.15) is 0 Å². The minimum atomic E-state index is -0.132. The van der Waals surface area contributed by atoms with Gasteiger partial charge in [-0.3, -0.25) is 0 Å². The molecule has 1 aromatic carbocycles. The second kappa shape index (κ2) is 5.02. The second-order valence-corrected chi connectivity index (χ2v) is 7.75. The van der Waals surface area contributed by atoms with Gasteiger partial charge in [-0.25, -0.2) is 0 Å². The van der Waals surface area contributed by atoms with Gasteiger partial charge in [-0.05, 0) is 30.0 Å². The van der Waals surface area contributed by atoms with Crippen molar-refractivity contribution in [2.45, 2.75) is 42.3 Å². The number of aromatic hydroxyl groups is 2. The Kier molecular flexibility index (Phi) is 3.73. The normalized spacial score (nSPS) is 11.8. The first-order valence-electron chi connectivity index (χ1n) is 5.82. The first kappa shape index (κ1) is 14.1. The van der Waals surface area contributed by atoms with Crippen LogP contribution in [0, 0.1) is 6.92 Å². The van der Waals surface area contributed by atoms with E-state index >= 15 is 0 Å². The van der Waals surface area contributed by atoms with Crippen LogP contribution in [0.4, 0.5) is 0 Å². The fourth-order valence-electron chi connectivity index (χ4n) is 1.64. The maximum Gasteiger partial charge on any atom is 0.179 e. The molecule has 0 aliphatic rings. The van der Waals surface area contributed by atoms with Gasteiger partial charge in [0.15, 0.2) is 15.8 Å². The van der Waals surface area contributed by atoms with E-state index < -0.39 is 0 Å². The molecule has 2 aromatic rings. The molecule has 102 valence electrons. The Morgan fingerprint density at radius 1 is 1.11 bits per heavy atom. The summed E-state index contributed by atoms with van der Waals surface area (Å²) in [5.74, 6) is -0.209. The van der Waals surface area contributed by atoms with E-state index in [9.17, 15) is 10.2 Å². The van der Waals surface area contributed by atoms with E-state index in [0.29, 0.717) is 0 Å². The maximum atomic E-state index is 9.68. The zero-order chi connectivity index (χ0) is 14.2. The average molecular weight is 296 g/mol. The van der Waals surface area contributed by atoms with Crippen LogP contribution in [0.1, 0.15) is 31.3 Å². The van der Waals surface area contributed by atoms with Crippen LogP contribution in [0.2, 0.25) is 0 Å². The molecule has 0 fully saturated rings. The lowest BCUT2D eigenvalue weighted by molar-refractivity contribution is 0.399. The molecule has 19 heavy (non-hydrogen) atoms. The third kappa shape index (κ3) is 3.19. The van der Waals surface area contributed by atoms with Gasteiger partial charge >= 0.3 is 0 Å². The number of hydrogen-bond donors (Lipinski definition) is 2. The van der Waals surface area contributed by atoms with Crippen molar-refractivity contribution in [2.75, 3.05) is 0 Å². The smallest absolute Gasteiger partial charge is 0.179 e. The summed E-state index contributed by atoms with van der Waals surface area (Å²) in [6, 6.07) is 3.20. The number of aryl methyl sites for hydroxylation is 1. The summed E-state index contributed by atoms with van der Waals surface area (Å²) in [5, 5.41) is 28.3. The molecule has 0 atom stereocenters. The van der Waals surface area contributed by atoms with Crippen LogP contribution in [0.25, 0.3) is 0 Å². The van der Waals surface area contributed by atoms with Gasteiger partial charge in [0, 0.05) is 4.90 Å². The molecule has 0 spiro atoms. The van der Waals surface area contributed by atoms with Crippen LogP contribution in [0.3, 0.4) is 0 Å². The summed E-state index contributed by atoms with van der Waals surface area (Å²) in [5.41, 5.74) is 0.841. The minimum Gasteiger partial charge on any atom is -0.504 e. The Balaban J connectivity index is 2.46. The molecule has 4 nitrogen and oxygen atoms in total. The molecule has 6 heteroatoms. The number of benzene rings is 1. The summed E-state index contributed by atoms with van der Waals surface area (Å²) in [6.07, 6.45) is 0. The fourth-order valence-corrected chi connectivity index (χ4v) is 3.77. The molecule has 0 bridgehead atoms. The van der Waals surface area contributed by atoms with E-state index in [2.05, 4.69) is 31.0 Å².